The van der Waals surface area contributed by atoms with Crippen LogP contribution in [0.1, 0.15) is 35.7 Å². The molecule has 0 spiro atoms. The number of aryl methyl sites for hydroxylation is 1. The largest absolute Gasteiger partial charge is 0.353 e. The van der Waals surface area contributed by atoms with E-state index in [1.54, 1.807) is 11.3 Å². The summed E-state index contributed by atoms with van der Waals surface area (Å²) in [5, 5.41) is 10.9. The van der Waals surface area contributed by atoms with E-state index >= 15 is 0 Å². The third kappa shape index (κ3) is 4.62. The van der Waals surface area contributed by atoms with Crippen molar-refractivity contribution in [3.05, 3.63) is 41.6 Å². The topological polar surface area (TPSA) is 82.2 Å². The molecule has 3 aromatic rings. The third-order valence-corrected chi connectivity index (χ3v) is 7.35. The first kappa shape index (κ1) is 21.3. The summed E-state index contributed by atoms with van der Waals surface area (Å²) in [5.41, 5.74) is 2.70. The van der Waals surface area contributed by atoms with Gasteiger partial charge in [0.1, 0.15) is 0 Å². The standard InChI is InChI=1S/C24H30N6OS/c1-15-13-27-24(26-9-11-30-10-8-25-14-16(30)2)29-22(15)21-12-19-18(4-3-5-20(19)32-21)23(31)28-17-6-7-17/h3-5,12-13,16-17,25H,6-11,14H2,1-2H3,(H,28,31)(H,26,27,29). The number of piperazine rings is 1. The number of hydrogen-bond donors (Lipinski definition) is 3. The van der Waals surface area contributed by atoms with Crippen LogP contribution in [-0.4, -0.2) is 65.6 Å². The number of carbonyl (C=O) groups is 1. The second-order valence-electron chi connectivity index (χ2n) is 8.82. The van der Waals surface area contributed by atoms with Crippen molar-refractivity contribution in [2.45, 2.75) is 38.8 Å². The van der Waals surface area contributed by atoms with Crippen molar-refractivity contribution >= 4 is 33.3 Å². The molecular formula is C24H30N6OS. The van der Waals surface area contributed by atoms with E-state index < -0.39 is 0 Å². The molecule has 1 unspecified atom stereocenters. The Morgan fingerprint density at radius 3 is 3.03 bits per heavy atom. The van der Waals surface area contributed by atoms with Gasteiger partial charge in [-0.05, 0) is 50.5 Å². The lowest BCUT2D eigenvalue weighted by molar-refractivity contribution is 0.0953. The second kappa shape index (κ2) is 9.13. The molecule has 1 atom stereocenters. The molecule has 32 heavy (non-hydrogen) atoms. The van der Waals surface area contributed by atoms with E-state index in [2.05, 4.69) is 44.9 Å². The van der Waals surface area contributed by atoms with E-state index in [-0.39, 0.29) is 5.91 Å². The average molecular weight is 451 g/mol. The van der Waals surface area contributed by atoms with Gasteiger partial charge in [-0.2, -0.15) is 0 Å². The van der Waals surface area contributed by atoms with E-state index in [1.165, 1.54) is 0 Å². The van der Waals surface area contributed by atoms with Gasteiger partial charge in [0.05, 0.1) is 10.6 Å². The molecule has 7 nitrogen and oxygen atoms in total. The molecule has 5 rings (SSSR count). The summed E-state index contributed by atoms with van der Waals surface area (Å²) in [6.07, 6.45) is 4.04. The number of fused-ring (bicyclic) bond motifs is 1. The zero-order valence-corrected chi connectivity index (χ0v) is 19.5. The molecule has 3 heterocycles. The normalized spacial score (nSPS) is 19.2. The van der Waals surface area contributed by atoms with Gasteiger partial charge in [0, 0.05) is 66.7 Å². The molecule has 1 amide bonds. The summed E-state index contributed by atoms with van der Waals surface area (Å²) in [7, 11) is 0. The molecule has 168 valence electrons. The number of benzene rings is 1. The summed E-state index contributed by atoms with van der Waals surface area (Å²) < 4.78 is 1.10. The highest BCUT2D eigenvalue weighted by atomic mass is 32.1. The van der Waals surface area contributed by atoms with Gasteiger partial charge in [0.15, 0.2) is 0 Å². The molecular weight excluding hydrogens is 420 g/mol. The lowest BCUT2D eigenvalue weighted by Crippen LogP contribution is -2.50. The van der Waals surface area contributed by atoms with Crippen LogP contribution >= 0.6 is 11.3 Å². The zero-order chi connectivity index (χ0) is 22.1. The molecule has 1 aromatic carbocycles. The highest BCUT2D eigenvalue weighted by molar-refractivity contribution is 7.22. The second-order valence-corrected chi connectivity index (χ2v) is 9.90. The Balaban J connectivity index is 1.34. The van der Waals surface area contributed by atoms with Gasteiger partial charge < -0.3 is 16.0 Å². The summed E-state index contributed by atoms with van der Waals surface area (Å²) in [6, 6.07) is 8.93. The van der Waals surface area contributed by atoms with E-state index in [0.717, 1.165) is 77.3 Å². The first-order valence-electron chi connectivity index (χ1n) is 11.4. The summed E-state index contributed by atoms with van der Waals surface area (Å²) in [6.45, 7) is 9.23. The highest BCUT2D eigenvalue weighted by Gasteiger charge is 2.25. The van der Waals surface area contributed by atoms with Crippen molar-refractivity contribution in [2.24, 2.45) is 0 Å². The molecule has 0 bridgehead atoms. The van der Waals surface area contributed by atoms with Crippen molar-refractivity contribution in [3.8, 4) is 10.6 Å². The predicted molar refractivity (Wildman–Crippen MR) is 130 cm³/mol. The Hall–Kier alpha value is -2.55. The van der Waals surface area contributed by atoms with Gasteiger partial charge in [-0.3, -0.25) is 9.69 Å². The fourth-order valence-electron chi connectivity index (χ4n) is 4.17. The number of carbonyl (C=O) groups excluding carboxylic acids is 1. The monoisotopic (exact) mass is 450 g/mol. The quantitative estimate of drug-likeness (QED) is 0.513. The van der Waals surface area contributed by atoms with Gasteiger partial charge in [-0.25, -0.2) is 9.97 Å². The smallest absolute Gasteiger partial charge is 0.252 e. The Labute approximate surface area is 192 Å². The summed E-state index contributed by atoms with van der Waals surface area (Å²) in [5.74, 6) is 0.670. The Bertz CT molecular complexity index is 1120. The van der Waals surface area contributed by atoms with Crippen LogP contribution in [0.3, 0.4) is 0 Å². The van der Waals surface area contributed by atoms with Crippen LogP contribution in [0.5, 0.6) is 0 Å². The van der Waals surface area contributed by atoms with Gasteiger partial charge in [-0.1, -0.05) is 6.07 Å². The van der Waals surface area contributed by atoms with Crippen molar-refractivity contribution < 1.29 is 4.79 Å². The van der Waals surface area contributed by atoms with Crippen LogP contribution in [0, 0.1) is 6.92 Å². The van der Waals surface area contributed by atoms with Crippen molar-refractivity contribution in [1.29, 1.82) is 0 Å². The van der Waals surface area contributed by atoms with Crippen LogP contribution in [0.15, 0.2) is 30.5 Å². The maximum absolute atomic E-state index is 12.7. The van der Waals surface area contributed by atoms with Crippen LogP contribution in [0.4, 0.5) is 5.95 Å². The van der Waals surface area contributed by atoms with E-state index in [1.807, 2.05) is 25.3 Å². The van der Waals surface area contributed by atoms with Crippen molar-refractivity contribution in [2.75, 3.05) is 38.0 Å². The maximum atomic E-state index is 12.7. The van der Waals surface area contributed by atoms with Gasteiger partial charge in [0.25, 0.3) is 5.91 Å². The fourth-order valence-corrected chi connectivity index (χ4v) is 5.31. The molecule has 8 heteroatoms. The van der Waals surface area contributed by atoms with Gasteiger partial charge in [-0.15, -0.1) is 11.3 Å². The number of hydrogen-bond acceptors (Lipinski definition) is 7. The van der Waals surface area contributed by atoms with Crippen LogP contribution in [0.25, 0.3) is 20.7 Å². The number of amides is 1. The molecule has 2 aromatic heterocycles. The minimum atomic E-state index is 0.0198. The van der Waals surface area contributed by atoms with Gasteiger partial charge >= 0.3 is 0 Å². The van der Waals surface area contributed by atoms with E-state index in [9.17, 15) is 4.79 Å². The predicted octanol–water partition coefficient (Wildman–Crippen LogP) is 3.26. The SMILES string of the molecule is Cc1cnc(NCCN2CCNCC2C)nc1-c1cc2c(C(=O)NC3CC3)cccc2s1. The molecule has 1 aliphatic carbocycles. The van der Waals surface area contributed by atoms with Crippen LogP contribution < -0.4 is 16.0 Å². The van der Waals surface area contributed by atoms with Crippen molar-refractivity contribution in [1.82, 2.24) is 25.5 Å². The first-order chi connectivity index (χ1) is 15.6. The number of nitrogens with zero attached hydrogens (tertiary/aromatic N) is 3. The average Bonchev–Trinajstić information content (AvgIpc) is 3.50. The molecule has 2 aliphatic rings. The molecule has 1 aliphatic heterocycles. The zero-order valence-electron chi connectivity index (χ0n) is 18.6. The molecule has 1 saturated carbocycles. The lowest BCUT2D eigenvalue weighted by Gasteiger charge is -2.33. The summed E-state index contributed by atoms with van der Waals surface area (Å²) >= 11 is 1.67. The first-order valence-corrected chi connectivity index (χ1v) is 12.3. The minimum absolute atomic E-state index is 0.0198. The van der Waals surface area contributed by atoms with Gasteiger partial charge in [0.2, 0.25) is 5.95 Å². The Morgan fingerprint density at radius 2 is 2.22 bits per heavy atom. The third-order valence-electron chi connectivity index (χ3n) is 6.24. The maximum Gasteiger partial charge on any atom is 0.252 e. The fraction of sp³-hybridized carbons (Fsp3) is 0.458. The number of nitrogens with one attached hydrogen (secondary N) is 3. The van der Waals surface area contributed by atoms with Crippen LogP contribution in [-0.2, 0) is 0 Å². The number of thiophene rings is 1. The number of aromatic nitrogens is 2. The summed E-state index contributed by atoms with van der Waals surface area (Å²) in [4.78, 5) is 25.6. The highest BCUT2D eigenvalue weighted by Crippen LogP contribution is 2.36. The molecule has 1 saturated heterocycles. The van der Waals surface area contributed by atoms with Crippen LogP contribution in [0.2, 0.25) is 0 Å². The lowest BCUT2D eigenvalue weighted by atomic mass is 10.1. The molecule has 0 radical (unpaired) electrons. The minimum Gasteiger partial charge on any atom is -0.353 e. The van der Waals surface area contributed by atoms with Crippen molar-refractivity contribution in [3.63, 3.8) is 0 Å². The van der Waals surface area contributed by atoms with E-state index in [4.69, 9.17) is 4.98 Å². The van der Waals surface area contributed by atoms with E-state index in [0.29, 0.717) is 18.0 Å². The Morgan fingerprint density at radius 1 is 1.34 bits per heavy atom. The Kier molecular flexibility index (Phi) is 6.08. The number of anilines is 1. The molecule has 3 N–H and O–H groups in total. The molecule has 2 fully saturated rings. The number of rotatable bonds is 7.